The molecule has 1 atom stereocenters. The zero-order chi connectivity index (χ0) is 10.2. The first-order valence-corrected chi connectivity index (χ1v) is 3.72. The summed E-state index contributed by atoms with van der Waals surface area (Å²) in [7, 11) is 0. The fourth-order valence-corrected chi connectivity index (χ4v) is 1.14. The van der Waals surface area contributed by atoms with Crippen LogP contribution in [-0.4, -0.2) is 12.1 Å². The minimum Gasteiger partial charge on any atom is -0.401 e. The molecule has 5 heteroatoms. The van der Waals surface area contributed by atoms with Crippen molar-refractivity contribution >= 4 is 5.71 Å². The molecule has 13 heavy (non-hydrogen) atoms. The topological polar surface area (TPSA) is 64.4 Å². The van der Waals surface area contributed by atoms with Crippen LogP contribution < -0.4 is 11.5 Å². The molecule has 0 aromatic rings. The molecule has 0 aromatic carbocycles. The van der Waals surface area contributed by atoms with Crippen molar-refractivity contribution < 1.29 is 8.78 Å². The normalized spacial score (nSPS) is 22.5. The summed E-state index contributed by atoms with van der Waals surface area (Å²) in [4.78, 5) is 3.47. The third-order valence-electron chi connectivity index (χ3n) is 1.91. The van der Waals surface area contributed by atoms with Gasteiger partial charge in [-0.25, -0.2) is 13.8 Å². The monoisotopic (exact) mass is 187 g/mol. The largest absolute Gasteiger partial charge is 0.401 e. The average molecular weight is 187 g/mol. The van der Waals surface area contributed by atoms with Gasteiger partial charge in [-0.15, -0.1) is 0 Å². The fraction of sp³-hybridized carbons (Fsp3) is 0.375. The van der Waals surface area contributed by atoms with Crippen molar-refractivity contribution in [1.29, 1.82) is 0 Å². The van der Waals surface area contributed by atoms with Crippen LogP contribution in [0.25, 0.3) is 0 Å². The third-order valence-corrected chi connectivity index (χ3v) is 1.91. The van der Waals surface area contributed by atoms with E-state index in [1.165, 1.54) is 0 Å². The maximum absolute atomic E-state index is 12.4. The van der Waals surface area contributed by atoms with E-state index in [9.17, 15) is 8.78 Å². The molecular formula is C8H11F2N3. The molecule has 0 fully saturated rings. The number of hydrogen-bond donors (Lipinski definition) is 2. The highest BCUT2D eigenvalue weighted by Crippen LogP contribution is 2.37. The van der Waals surface area contributed by atoms with E-state index in [0.717, 1.165) is 5.57 Å². The van der Waals surface area contributed by atoms with Gasteiger partial charge >= 0.3 is 0 Å². The first kappa shape index (κ1) is 9.70. The Morgan fingerprint density at radius 1 is 1.62 bits per heavy atom. The van der Waals surface area contributed by atoms with Crippen molar-refractivity contribution in [3.8, 4) is 0 Å². The quantitative estimate of drug-likeness (QED) is 0.647. The minimum absolute atomic E-state index is 0.122. The lowest BCUT2D eigenvalue weighted by Crippen LogP contribution is -2.18. The smallest absolute Gasteiger partial charge is 0.277 e. The summed E-state index contributed by atoms with van der Waals surface area (Å²) in [6, 6.07) is 0. The summed E-state index contributed by atoms with van der Waals surface area (Å²) in [5.74, 6) is -0.622. The van der Waals surface area contributed by atoms with Crippen LogP contribution in [0.1, 0.15) is 6.92 Å². The molecule has 0 unspecified atom stereocenters. The maximum atomic E-state index is 12.4. The van der Waals surface area contributed by atoms with E-state index in [1.807, 2.05) is 0 Å². The van der Waals surface area contributed by atoms with E-state index in [1.54, 1.807) is 6.92 Å². The number of nitrogens with two attached hydrogens (primary N) is 2. The molecule has 0 saturated heterocycles. The molecule has 0 aromatic heterocycles. The SMILES string of the molecule is C=C(N)N=C(C(F)F)[C@H]1C(C)=C1N. The van der Waals surface area contributed by atoms with Gasteiger partial charge in [0.05, 0.1) is 11.6 Å². The zero-order valence-electron chi connectivity index (χ0n) is 7.22. The van der Waals surface area contributed by atoms with Gasteiger partial charge in [0.25, 0.3) is 6.43 Å². The minimum atomic E-state index is -2.64. The second kappa shape index (κ2) is 3.16. The number of halogens is 2. The van der Waals surface area contributed by atoms with Crippen molar-refractivity contribution in [3.05, 3.63) is 23.7 Å². The molecule has 1 rings (SSSR count). The Kier molecular flexibility index (Phi) is 2.36. The van der Waals surface area contributed by atoms with E-state index in [0.29, 0.717) is 5.70 Å². The Balaban J connectivity index is 2.79. The summed E-state index contributed by atoms with van der Waals surface area (Å²) < 4.78 is 24.8. The molecule has 0 heterocycles. The third kappa shape index (κ3) is 1.85. The molecule has 0 saturated carbocycles. The lowest BCUT2D eigenvalue weighted by Gasteiger charge is -2.04. The number of rotatable bonds is 3. The summed E-state index contributed by atoms with van der Waals surface area (Å²) in [5, 5.41) is 0. The van der Waals surface area contributed by atoms with Crippen LogP contribution in [0.2, 0.25) is 0 Å². The molecule has 0 bridgehead atoms. The van der Waals surface area contributed by atoms with E-state index in [4.69, 9.17) is 11.5 Å². The zero-order valence-corrected chi connectivity index (χ0v) is 7.22. The number of nitrogens with zero attached hydrogens (tertiary/aromatic N) is 1. The molecule has 72 valence electrons. The maximum Gasteiger partial charge on any atom is 0.277 e. The van der Waals surface area contributed by atoms with Crippen LogP contribution in [0.15, 0.2) is 28.7 Å². The van der Waals surface area contributed by atoms with Gasteiger partial charge in [-0.05, 0) is 12.5 Å². The van der Waals surface area contributed by atoms with Crippen LogP contribution in [0, 0.1) is 5.92 Å². The lowest BCUT2D eigenvalue weighted by atomic mass is 10.2. The first-order chi connectivity index (χ1) is 5.95. The average Bonchev–Trinajstić information content (AvgIpc) is 2.55. The van der Waals surface area contributed by atoms with Gasteiger partial charge in [-0.3, -0.25) is 0 Å². The Labute approximate surface area is 74.8 Å². The fourth-order valence-electron chi connectivity index (χ4n) is 1.14. The predicted octanol–water partition coefficient (Wildman–Crippen LogP) is 0.985. The van der Waals surface area contributed by atoms with Crippen LogP contribution in [0.4, 0.5) is 8.78 Å². The molecule has 1 aliphatic rings. The van der Waals surface area contributed by atoms with Gasteiger partial charge in [-0.2, -0.15) is 0 Å². The van der Waals surface area contributed by atoms with Gasteiger partial charge in [0.2, 0.25) is 0 Å². The lowest BCUT2D eigenvalue weighted by molar-refractivity contribution is 0.222. The second-order valence-electron chi connectivity index (χ2n) is 2.90. The molecule has 0 radical (unpaired) electrons. The number of hydrogen-bond acceptors (Lipinski definition) is 3. The summed E-state index contributed by atoms with van der Waals surface area (Å²) in [6.07, 6.45) is -2.64. The molecule has 4 N–H and O–H groups in total. The molecule has 3 nitrogen and oxygen atoms in total. The van der Waals surface area contributed by atoms with Crippen molar-refractivity contribution in [3.63, 3.8) is 0 Å². The van der Waals surface area contributed by atoms with E-state index < -0.39 is 12.3 Å². The predicted molar refractivity (Wildman–Crippen MR) is 47.1 cm³/mol. The van der Waals surface area contributed by atoms with E-state index >= 15 is 0 Å². The Morgan fingerprint density at radius 3 is 2.31 bits per heavy atom. The van der Waals surface area contributed by atoms with Crippen LogP contribution >= 0.6 is 0 Å². The van der Waals surface area contributed by atoms with Crippen LogP contribution in [0.5, 0.6) is 0 Å². The summed E-state index contributed by atoms with van der Waals surface area (Å²) in [5.41, 5.74) is 11.4. The Hall–Kier alpha value is -1.39. The first-order valence-electron chi connectivity index (χ1n) is 3.72. The Bertz CT molecular complexity index is 293. The molecule has 0 aliphatic heterocycles. The van der Waals surface area contributed by atoms with Crippen molar-refractivity contribution in [1.82, 2.24) is 0 Å². The van der Waals surface area contributed by atoms with Crippen molar-refractivity contribution in [2.45, 2.75) is 13.3 Å². The summed E-state index contributed by atoms with van der Waals surface area (Å²) in [6.45, 7) is 4.93. The standard InChI is InChI=1S/C8H11F2N3/c1-3-5(6(3)12)7(8(9)10)13-4(2)11/h5,8H,2,11-12H2,1H3/t5-/m0/s1. The van der Waals surface area contributed by atoms with E-state index in [-0.39, 0.29) is 11.5 Å². The van der Waals surface area contributed by atoms with Gasteiger partial charge in [0.1, 0.15) is 5.82 Å². The highest BCUT2D eigenvalue weighted by molar-refractivity contribution is 5.98. The van der Waals surface area contributed by atoms with Crippen LogP contribution in [-0.2, 0) is 0 Å². The van der Waals surface area contributed by atoms with Crippen LogP contribution in [0.3, 0.4) is 0 Å². The molecular weight excluding hydrogens is 176 g/mol. The van der Waals surface area contributed by atoms with Gasteiger partial charge in [0, 0.05) is 5.70 Å². The van der Waals surface area contributed by atoms with E-state index in [2.05, 4.69) is 11.6 Å². The number of aliphatic imine (C=N–C) groups is 1. The Morgan fingerprint density at radius 2 is 2.08 bits per heavy atom. The van der Waals surface area contributed by atoms with Gasteiger partial charge in [0.15, 0.2) is 0 Å². The van der Waals surface area contributed by atoms with Crippen molar-refractivity contribution in [2.75, 3.05) is 0 Å². The molecule has 0 spiro atoms. The summed E-state index contributed by atoms with van der Waals surface area (Å²) >= 11 is 0. The van der Waals surface area contributed by atoms with Crippen molar-refractivity contribution in [2.24, 2.45) is 22.4 Å². The van der Waals surface area contributed by atoms with Gasteiger partial charge < -0.3 is 11.5 Å². The number of allylic oxidation sites excluding steroid dienone is 2. The number of alkyl halides is 2. The highest BCUT2D eigenvalue weighted by atomic mass is 19.3. The second-order valence-corrected chi connectivity index (χ2v) is 2.90. The highest BCUT2D eigenvalue weighted by Gasteiger charge is 2.39. The molecule has 0 amide bonds. The van der Waals surface area contributed by atoms with Gasteiger partial charge in [-0.1, -0.05) is 6.58 Å². The molecule has 1 aliphatic carbocycles.